The molecule has 0 radical (unpaired) electrons. The first-order chi connectivity index (χ1) is 7.52. The van der Waals surface area contributed by atoms with E-state index in [-0.39, 0.29) is 5.97 Å². The van der Waals surface area contributed by atoms with Crippen molar-refractivity contribution >= 4 is 14.3 Å². The third kappa shape index (κ3) is 8.68. The highest BCUT2D eigenvalue weighted by Crippen LogP contribution is 2.14. The van der Waals surface area contributed by atoms with Gasteiger partial charge in [0.25, 0.3) is 0 Å². The lowest BCUT2D eigenvalue weighted by Gasteiger charge is -2.22. The minimum atomic E-state index is -1.54. The van der Waals surface area contributed by atoms with E-state index in [0.717, 1.165) is 25.5 Å². The Balaban J connectivity index is 3.56. The average Bonchev–Trinajstić information content (AvgIpc) is 2.24. The van der Waals surface area contributed by atoms with E-state index in [0.29, 0.717) is 6.61 Å². The highest BCUT2D eigenvalue weighted by molar-refractivity contribution is 6.71. The maximum Gasteiger partial charge on any atom is 0.330 e. The molecule has 0 aliphatic heterocycles. The van der Waals surface area contributed by atoms with Gasteiger partial charge in [0, 0.05) is 12.7 Å². The Hall–Kier alpha value is -0.613. The zero-order valence-corrected chi connectivity index (χ0v) is 11.8. The third-order valence-electron chi connectivity index (χ3n) is 2.32. The zero-order chi connectivity index (χ0) is 12.4. The normalized spacial score (nSPS) is 11.2. The van der Waals surface area contributed by atoms with E-state index in [1.54, 1.807) is 0 Å². The van der Waals surface area contributed by atoms with Crippen molar-refractivity contribution in [2.24, 2.45) is 0 Å². The highest BCUT2D eigenvalue weighted by atomic mass is 28.4. The quantitative estimate of drug-likeness (QED) is 0.270. The van der Waals surface area contributed by atoms with Gasteiger partial charge in [-0.3, -0.25) is 0 Å². The summed E-state index contributed by atoms with van der Waals surface area (Å²) in [7, 11) is -1.54. The molecule has 0 aliphatic rings. The topological polar surface area (TPSA) is 35.5 Å². The van der Waals surface area contributed by atoms with Crippen LogP contribution < -0.4 is 0 Å². The van der Waals surface area contributed by atoms with E-state index >= 15 is 0 Å². The summed E-state index contributed by atoms with van der Waals surface area (Å²) in [4.78, 5) is 10.8. The highest BCUT2D eigenvalue weighted by Gasteiger charge is 2.21. The lowest BCUT2D eigenvalue weighted by Crippen LogP contribution is -2.31. The molecule has 0 rings (SSSR count). The molecule has 0 amide bonds. The number of esters is 1. The van der Waals surface area contributed by atoms with Crippen molar-refractivity contribution in [2.75, 3.05) is 13.2 Å². The predicted molar refractivity (Wildman–Crippen MR) is 68.9 cm³/mol. The molecule has 0 aromatic carbocycles. The smallest absolute Gasteiger partial charge is 0.330 e. The Morgan fingerprint density at radius 3 is 2.56 bits per heavy atom. The van der Waals surface area contributed by atoms with Gasteiger partial charge >= 0.3 is 5.97 Å². The number of hydrogen-bond donors (Lipinski definition) is 0. The Morgan fingerprint density at radius 1 is 1.31 bits per heavy atom. The summed E-state index contributed by atoms with van der Waals surface area (Å²) in [5.41, 5.74) is 0. The van der Waals surface area contributed by atoms with Crippen molar-refractivity contribution in [3.05, 3.63) is 12.7 Å². The number of carbonyl (C=O) groups is 1. The van der Waals surface area contributed by atoms with E-state index in [4.69, 9.17) is 9.16 Å². The van der Waals surface area contributed by atoms with Gasteiger partial charge in [-0.1, -0.05) is 19.9 Å². The SMILES string of the molecule is C=CC(=O)OCCC[Si](C)(C)OCCCC. The van der Waals surface area contributed by atoms with Crippen LogP contribution >= 0.6 is 0 Å². The molecule has 0 unspecified atom stereocenters. The van der Waals surface area contributed by atoms with Crippen molar-refractivity contribution in [3.63, 3.8) is 0 Å². The number of unbranched alkanes of at least 4 members (excludes halogenated alkanes) is 1. The van der Waals surface area contributed by atoms with Crippen molar-refractivity contribution in [1.82, 2.24) is 0 Å². The maximum absolute atomic E-state index is 10.8. The Kier molecular flexibility index (Phi) is 8.20. The fourth-order valence-electron chi connectivity index (χ4n) is 1.29. The second-order valence-electron chi connectivity index (χ2n) is 4.44. The molecule has 0 N–H and O–H groups in total. The molecule has 3 nitrogen and oxygen atoms in total. The summed E-state index contributed by atoms with van der Waals surface area (Å²) >= 11 is 0. The molecule has 0 spiro atoms. The third-order valence-corrected chi connectivity index (χ3v) is 4.87. The fraction of sp³-hybridized carbons (Fsp3) is 0.750. The van der Waals surface area contributed by atoms with Crippen LogP contribution in [0.15, 0.2) is 12.7 Å². The lowest BCUT2D eigenvalue weighted by molar-refractivity contribution is -0.137. The van der Waals surface area contributed by atoms with Crippen LogP contribution in [0.4, 0.5) is 0 Å². The number of rotatable bonds is 9. The fourth-order valence-corrected chi connectivity index (χ4v) is 3.13. The van der Waals surface area contributed by atoms with Crippen molar-refractivity contribution < 1.29 is 14.0 Å². The summed E-state index contributed by atoms with van der Waals surface area (Å²) < 4.78 is 10.8. The van der Waals surface area contributed by atoms with E-state index in [2.05, 4.69) is 26.6 Å². The summed E-state index contributed by atoms with van der Waals surface area (Å²) in [5, 5.41) is 0. The largest absolute Gasteiger partial charge is 0.463 e. The van der Waals surface area contributed by atoms with E-state index in [1.807, 2.05) is 0 Å². The lowest BCUT2D eigenvalue weighted by atomic mass is 10.4. The Morgan fingerprint density at radius 2 is 2.00 bits per heavy atom. The number of carbonyl (C=O) groups excluding carboxylic acids is 1. The molecular weight excluding hydrogens is 220 g/mol. The van der Waals surface area contributed by atoms with Crippen LogP contribution in [0.5, 0.6) is 0 Å². The van der Waals surface area contributed by atoms with Crippen LogP contribution in [0, 0.1) is 0 Å². The second-order valence-corrected chi connectivity index (χ2v) is 8.74. The van der Waals surface area contributed by atoms with Crippen molar-refractivity contribution in [1.29, 1.82) is 0 Å². The molecule has 4 heteroatoms. The van der Waals surface area contributed by atoms with Gasteiger partial charge in [-0.25, -0.2) is 4.79 Å². The summed E-state index contributed by atoms with van der Waals surface area (Å²) in [6.45, 7) is 11.3. The minimum Gasteiger partial charge on any atom is -0.463 e. The van der Waals surface area contributed by atoms with Crippen molar-refractivity contribution in [3.8, 4) is 0 Å². The second kappa shape index (κ2) is 8.53. The van der Waals surface area contributed by atoms with Gasteiger partial charge in [0.15, 0.2) is 8.32 Å². The van der Waals surface area contributed by atoms with E-state index in [1.165, 1.54) is 12.5 Å². The molecule has 16 heavy (non-hydrogen) atoms. The van der Waals surface area contributed by atoms with Gasteiger partial charge in [0.1, 0.15) is 0 Å². The molecule has 0 aromatic heterocycles. The Labute approximate surface area is 100.0 Å². The van der Waals surface area contributed by atoms with Crippen LogP contribution in [0.25, 0.3) is 0 Å². The van der Waals surface area contributed by atoms with Gasteiger partial charge in [0.05, 0.1) is 6.61 Å². The van der Waals surface area contributed by atoms with Crippen LogP contribution in [-0.4, -0.2) is 27.5 Å². The first kappa shape index (κ1) is 15.4. The summed E-state index contributed by atoms with van der Waals surface area (Å²) in [6, 6.07) is 1.03. The first-order valence-corrected chi connectivity index (χ1v) is 9.06. The molecule has 0 fully saturated rings. The van der Waals surface area contributed by atoms with Crippen LogP contribution in [-0.2, 0) is 14.0 Å². The van der Waals surface area contributed by atoms with Crippen LogP contribution in [0.2, 0.25) is 19.1 Å². The molecule has 0 heterocycles. The molecule has 0 saturated carbocycles. The van der Waals surface area contributed by atoms with Gasteiger partial charge in [0.2, 0.25) is 0 Å². The van der Waals surface area contributed by atoms with Crippen LogP contribution in [0.3, 0.4) is 0 Å². The maximum atomic E-state index is 10.8. The molecule has 0 aromatic rings. The average molecular weight is 244 g/mol. The molecule has 0 saturated heterocycles. The summed E-state index contributed by atoms with van der Waals surface area (Å²) in [5.74, 6) is -0.341. The Bertz CT molecular complexity index is 214. The molecule has 0 bridgehead atoms. The minimum absolute atomic E-state index is 0.341. The predicted octanol–water partition coefficient (Wildman–Crippen LogP) is 3.13. The molecule has 94 valence electrons. The monoisotopic (exact) mass is 244 g/mol. The molecule has 0 aliphatic carbocycles. The van der Waals surface area contributed by atoms with Gasteiger partial charge in [-0.2, -0.15) is 0 Å². The number of ether oxygens (including phenoxy) is 1. The van der Waals surface area contributed by atoms with Gasteiger partial charge in [-0.15, -0.1) is 0 Å². The van der Waals surface area contributed by atoms with E-state index in [9.17, 15) is 4.79 Å². The molecule has 0 atom stereocenters. The van der Waals surface area contributed by atoms with Crippen LogP contribution in [0.1, 0.15) is 26.2 Å². The number of hydrogen-bond acceptors (Lipinski definition) is 3. The first-order valence-electron chi connectivity index (χ1n) is 5.95. The van der Waals surface area contributed by atoms with Gasteiger partial charge < -0.3 is 9.16 Å². The standard InChI is InChI=1S/C12H24O3Si/c1-5-7-10-15-16(3,4)11-8-9-14-12(13)6-2/h6H,2,5,7-11H2,1,3-4H3. The summed E-state index contributed by atoms with van der Waals surface area (Å²) in [6.07, 6.45) is 4.37. The van der Waals surface area contributed by atoms with Gasteiger partial charge in [-0.05, 0) is 32.0 Å². The van der Waals surface area contributed by atoms with E-state index < -0.39 is 8.32 Å². The van der Waals surface area contributed by atoms with Crippen molar-refractivity contribution in [2.45, 2.75) is 45.3 Å². The molecular formula is C12H24O3Si. The zero-order valence-electron chi connectivity index (χ0n) is 10.8.